The maximum absolute atomic E-state index is 12.1. The van der Waals surface area contributed by atoms with Gasteiger partial charge in [0.15, 0.2) is 0 Å². The molecule has 0 fully saturated rings. The molecule has 6 nitrogen and oxygen atoms in total. The van der Waals surface area contributed by atoms with Gasteiger partial charge in [-0.05, 0) is 30.3 Å². The molecule has 0 unspecified atom stereocenters. The highest BCUT2D eigenvalue weighted by Crippen LogP contribution is 2.26. The van der Waals surface area contributed by atoms with E-state index in [1.165, 1.54) is 11.3 Å². The fraction of sp³-hybridized carbons (Fsp3) is 0.167. The lowest BCUT2D eigenvalue weighted by molar-refractivity contribution is -0.115. The molecule has 2 aromatic heterocycles. The summed E-state index contributed by atoms with van der Waals surface area (Å²) in [5.74, 6) is 1.16. The summed E-state index contributed by atoms with van der Waals surface area (Å²) in [6.45, 7) is 0. The molecule has 3 aromatic rings. The number of amides is 1. The Labute approximate surface area is 149 Å². The minimum Gasteiger partial charge on any atom is -0.497 e. The smallest absolute Gasteiger partial charge is 0.230 e. The lowest BCUT2D eigenvalue weighted by atomic mass is 10.2. The molecular weight excluding hydrogens is 338 g/mol. The molecule has 25 heavy (non-hydrogen) atoms. The number of carbonyl (C=O) groups is 1. The second kappa shape index (κ2) is 7.76. The average molecular weight is 355 g/mol. The summed E-state index contributed by atoms with van der Waals surface area (Å²) in [7, 11) is 3.18. The third kappa shape index (κ3) is 4.33. The molecule has 0 saturated heterocycles. The number of hydrogen-bond acceptors (Lipinski definition) is 6. The van der Waals surface area contributed by atoms with Crippen LogP contribution in [0.3, 0.4) is 0 Å². The van der Waals surface area contributed by atoms with Crippen molar-refractivity contribution in [3.63, 3.8) is 0 Å². The molecule has 0 aliphatic carbocycles. The first-order chi connectivity index (χ1) is 12.2. The number of rotatable bonds is 6. The Morgan fingerprint density at radius 3 is 2.56 bits per heavy atom. The first kappa shape index (κ1) is 16.9. The van der Waals surface area contributed by atoms with Crippen molar-refractivity contribution in [2.75, 3.05) is 19.5 Å². The Kier molecular flexibility index (Phi) is 5.25. The van der Waals surface area contributed by atoms with E-state index in [4.69, 9.17) is 9.47 Å². The number of benzene rings is 1. The first-order valence-corrected chi connectivity index (χ1v) is 8.44. The van der Waals surface area contributed by atoms with E-state index >= 15 is 0 Å². The zero-order valence-corrected chi connectivity index (χ0v) is 14.7. The van der Waals surface area contributed by atoms with Gasteiger partial charge in [-0.1, -0.05) is 0 Å². The molecule has 1 amide bonds. The second-order valence-corrected chi connectivity index (χ2v) is 6.04. The van der Waals surface area contributed by atoms with Crippen molar-refractivity contribution in [1.29, 1.82) is 0 Å². The van der Waals surface area contributed by atoms with Crippen LogP contribution in [0.4, 0.5) is 5.69 Å². The quantitative estimate of drug-likeness (QED) is 0.733. The molecule has 1 aromatic carbocycles. The predicted octanol–water partition coefficient (Wildman–Crippen LogP) is 3.40. The molecule has 128 valence electrons. The minimum atomic E-state index is -0.140. The normalized spacial score (nSPS) is 10.3. The molecule has 0 bridgehead atoms. The van der Waals surface area contributed by atoms with E-state index in [1.807, 2.05) is 29.6 Å². The monoisotopic (exact) mass is 355 g/mol. The number of aromatic nitrogens is 2. The molecule has 0 atom stereocenters. The fourth-order valence-corrected chi connectivity index (χ4v) is 3.02. The summed E-state index contributed by atoms with van der Waals surface area (Å²) < 4.78 is 10.1. The van der Waals surface area contributed by atoms with Gasteiger partial charge in [0.1, 0.15) is 10.8 Å². The van der Waals surface area contributed by atoms with E-state index in [9.17, 15) is 4.79 Å². The minimum absolute atomic E-state index is 0.140. The van der Waals surface area contributed by atoms with Gasteiger partial charge in [-0.3, -0.25) is 4.79 Å². The molecule has 0 radical (unpaired) electrons. The topological polar surface area (TPSA) is 73.3 Å². The molecule has 0 aliphatic rings. The Morgan fingerprint density at radius 1 is 1.12 bits per heavy atom. The van der Waals surface area contributed by atoms with Gasteiger partial charge < -0.3 is 14.8 Å². The van der Waals surface area contributed by atoms with Crippen LogP contribution in [0.25, 0.3) is 10.6 Å². The van der Waals surface area contributed by atoms with Gasteiger partial charge in [-0.15, -0.1) is 11.3 Å². The van der Waals surface area contributed by atoms with Crippen molar-refractivity contribution in [3.8, 4) is 22.2 Å². The van der Waals surface area contributed by atoms with Gasteiger partial charge in [-0.2, -0.15) is 0 Å². The van der Waals surface area contributed by atoms with Crippen LogP contribution < -0.4 is 14.8 Å². The van der Waals surface area contributed by atoms with Gasteiger partial charge in [0.2, 0.25) is 11.8 Å². The van der Waals surface area contributed by atoms with E-state index in [0.717, 1.165) is 22.0 Å². The van der Waals surface area contributed by atoms with Crippen molar-refractivity contribution in [3.05, 3.63) is 53.7 Å². The van der Waals surface area contributed by atoms with Crippen molar-refractivity contribution >= 4 is 22.9 Å². The Hall–Kier alpha value is -2.93. The standard InChI is InChI=1S/C18H17N3O3S/c1-23-15-6-3-12(4-7-15)18-21-14(11-25-18)9-16(22)20-13-5-8-17(24-2)19-10-13/h3-8,10-11H,9H2,1-2H3,(H,20,22). The summed E-state index contributed by atoms with van der Waals surface area (Å²) in [6, 6.07) is 11.1. The van der Waals surface area contributed by atoms with Crippen molar-refractivity contribution in [2.45, 2.75) is 6.42 Å². The summed E-state index contributed by atoms with van der Waals surface area (Å²) >= 11 is 1.51. The highest BCUT2D eigenvalue weighted by atomic mass is 32.1. The predicted molar refractivity (Wildman–Crippen MR) is 97.2 cm³/mol. The highest BCUT2D eigenvalue weighted by molar-refractivity contribution is 7.13. The fourth-order valence-electron chi connectivity index (χ4n) is 2.20. The van der Waals surface area contributed by atoms with E-state index in [2.05, 4.69) is 15.3 Å². The zero-order valence-electron chi connectivity index (χ0n) is 13.9. The van der Waals surface area contributed by atoms with Crippen LogP contribution in [0.15, 0.2) is 48.0 Å². The van der Waals surface area contributed by atoms with Crippen molar-refractivity contribution in [2.24, 2.45) is 0 Å². The lowest BCUT2D eigenvalue weighted by Gasteiger charge is -2.04. The molecule has 0 spiro atoms. The van der Waals surface area contributed by atoms with Crippen LogP contribution in [-0.4, -0.2) is 30.1 Å². The van der Waals surface area contributed by atoms with Gasteiger partial charge in [0, 0.05) is 17.0 Å². The Balaban J connectivity index is 1.62. The van der Waals surface area contributed by atoms with Gasteiger partial charge in [0.25, 0.3) is 0 Å². The number of hydrogen-bond donors (Lipinski definition) is 1. The molecule has 2 heterocycles. The maximum atomic E-state index is 12.1. The van der Waals surface area contributed by atoms with Crippen LogP contribution >= 0.6 is 11.3 Å². The number of anilines is 1. The number of methoxy groups -OCH3 is 2. The number of thiazole rings is 1. The zero-order chi connectivity index (χ0) is 17.6. The van der Waals surface area contributed by atoms with Crippen molar-refractivity contribution in [1.82, 2.24) is 9.97 Å². The average Bonchev–Trinajstić information content (AvgIpc) is 3.10. The lowest BCUT2D eigenvalue weighted by Crippen LogP contribution is -2.14. The van der Waals surface area contributed by atoms with Gasteiger partial charge in [0.05, 0.1) is 38.2 Å². The second-order valence-electron chi connectivity index (χ2n) is 5.19. The first-order valence-electron chi connectivity index (χ1n) is 7.56. The van der Waals surface area contributed by atoms with Gasteiger partial charge in [-0.25, -0.2) is 9.97 Å². The summed E-state index contributed by atoms with van der Waals surface area (Å²) in [4.78, 5) is 20.7. The van der Waals surface area contributed by atoms with E-state index in [1.54, 1.807) is 32.5 Å². The summed E-state index contributed by atoms with van der Waals surface area (Å²) in [5.41, 5.74) is 2.35. The number of nitrogens with one attached hydrogen (secondary N) is 1. The number of nitrogens with zero attached hydrogens (tertiary/aromatic N) is 2. The molecule has 0 saturated carbocycles. The molecule has 1 N–H and O–H groups in total. The van der Waals surface area contributed by atoms with Crippen LogP contribution in [-0.2, 0) is 11.2 Å². The third-order valence-corrected chi connectivity index (χ3v) is 4.40. The maximum Gasteiger partial charge on any atom is 0.230 e. The largest absolute Gasteiger partial charge is 0.497 e. The van der Waals surface area contributed by atoms with E-state index in [-0.39, 0.29) is 12.3 Å². The Morgan fingerprint density at radius 2 is 1.92 bits per heavy atom. The third-order valence-electron chi connectivity index (χ3n) is 3.46. The van der Waals surface area contributed by atoms with Crippen LogP contribution in [0.5, 0.6) is 11.6 Å². The van der Waals surface area contributed by atoms with Crippen LogP contribution in [0, 0.1) is 0 Å². The highest BCUT2D eigenvalue weighted by Gasteiger charge is 2.10. The molecule has 0 aliphatic heterocycles. The van der Waals surface area contributed by atoms with Crippen LogP contribution in [0.1, 0.15) is 5.69 Å². The summed E-state index contributed by atoms with van der Waals surface area (Å²) in [5, 5.41) is 5.56. The summed E-state index contributed by atoms with van der Waals surface area (Å²) in [6.07, 6.45) is 1.76. The Bertz CT molecular complexity index is 845. The van der Waals surface area contributed by atoms with Crippen molar-refractivity contribution < 1.29 is 14.3 Å². The SMILES string of the molecule is COc1ccc(-c2nc(CC(=O)Nc3ccc(OC)nc3)cs2)cc1. The molecule has 7 heteroatoms. The van der Waals surface area contributed by atoms with Gasteiger partial charge >= 0.3 is 0 Å². The van der Waals surface area contributed by atoms with Crippen LogP contribution in [0.2, 0.25) is 0 Å². The molecule has 3 rings (SSSR count). The van der Waals surface area contributed by atoms with E-state index in [0.29, 0.717) is 11.6 Å². The number of pyridine rings is 1. The molecular formula is C18H17N3O3S. The van der Waals surface area contributed by atoms with E-state index < -0.39 is 0 Å². The number of carbonyl (C=O) groups excluding carboxylic acids is 1. The number of ether oxygens (including phenoxy) is 2.